The predicted octanol–water partition coefficient (Wildman–Crippen LogP) is 3.10. The highest BCUT2D eigenvalue weighted by Crippen LogP contribution is 2.31. The summed E-state index contributed by atoms with van der Waals surface area (Å²) >= 11 is 3.26. The molecule has 1 unspecified atom stereocenters. The summed E-state index contributed by atoms with van der Waals surface area (Å²) in [4.78, 5) is 0. The first kappa shape index (κ1) is 11.0. The molecule has 3 nitrogen and oxygen atoms in total. The Morgan fingerprint density at radius 2 is 2.27 bits per heavy atom. The van der Waals surface area contributed by atoms with Crippen LogP contribution in [0.3, 0.4) is 0 Å². The van der Waals surface area contributed by atoms with Crippen molar-refractivity contribution in [1.82, 2.24) is 10.2 Å². The van der Waals surface area contributed by atoms with E-state index in [0.717, 1.165) is 4.34 Å². The van der Waals surface area contributed by atoms with E-state index in [1.54, 1.807) is 11.8 Å². The lowest BCUT2D eigenvalue weighted by Crippen LogP contribution is -2.00. The number of thioether (sulfide) groups is 1. The van der Waals surface area contributed by atoms with Crippen molar-refractivity contribution < 1.29 is 0 Å². The maximum atomic E-state index is 5.55. The van der Waals surface area contributed by atoms with Crippen molar-refractivity contribution in [2.24, 2.45) is 0 Å². The van der Waals surface area contributed by atoms with E-state index < -0.39 is 0 Å². The van der Waals surface area contributed by atoms with Gasteiger partial charge in [-0.25, -0.2) is 0 Å². The van der Waals surface area contributed by atoms with Gasteiger partial charge in [0.2, 0.25) is 5.13 Å². The van der Waals surface area contributed by atoms with Gasteiger partial charge in [0.15, 0.2) is 4.34 Å². The average molecular weight is 241 g/mol. The Kier molecular flexibility index (Phi) is 4.02. The van der Waals surface area contributed by atoms with E-state index in [-0.39, 0.29) is 0 Å². The van der Waals surface area contributed by atoms with Gasteiger partial charge in [0.1, 0.15) is 0 Å². The fourth-order valence-electron chi connectivity index (χ4n) is 1.62. The summed E-state index contributed by atoms with van der Waals surface area (Å²) in [7, 11) is 0. The van der Waals surface area contributed by atoms with E-state index >= 15 is 0 Å². The first-order valence-electron chi connectivity index (χ1n) is 5.27. The van der Waals surface area contributed by atoms with Crippen molar-refractivity contribution in [3.8, 4) is 0 Å². The highest BCUT2D eigenvalue weighted by atomic mass is 32.2. The molecule has 82 valence electrons. The molecule has 1 atom stereocenters. The molecule has 2 rings (SSSR count). The van der Waals surface area contributed by atoms with Gasteiger partial charge < -0.3 is 5.73 Å². The van der Waals surface area contributed by atoms with E-state index in [1.807, 2.05) is 0 Å². The van der Waals surface area contributed by atoms with Crippen LogP contribution in [-0.4, -0.2) is 15.4 Å². The highest BCUT2D eigenvalue weighted by molar-refractivity contribution is 8.01. The summed E-state index contributed by atoms with van der Waals surface area (Å²) in [6.45, 7) is 0. The van der Waals surface area contributed by atoms with Gasteiger partial charge in [-0.15, -0.1) is 10.2 Å². The zero-order valence-electron chi connectivity index (χ0n) is 8.56. The number of rotatable bonds is 2. The number of nitrogens with two attached hydrogens (primary N) is 1. The van der Waals surface area contributed by atoms with Crippen LogP contribution >= 0.6 is 23.1 Å². The molecule has 0 amide bonds. The highest BCUT2D eigenvalue weighted by Gasteiger charge is 2.11. The van der Waals surface area contributed by atoms with Crippen LogP contribution in [0.2, 0.25) is 0 Å². The third-order valence-corrected chi connectivity index (χ3v) is 4.45. The van der Waals surface area contributed by atoms with Gasteiger partial charge in [-0.2, -0.15) is 0 Å². The lowest BCUT2D eigenvalue weighted by atomic mass is 10.1. The second-order valence-corrected chi connectivity index (χ2v) is 6.12. The van der Waals surface area contributed by atoms with Crippen LogP contribution < -0.4 is 5.73 Å². The summed E-state index contributed by atoms with van der Waals surface area (Å²) in [6, 6.07) is 0. The quantitative estimate of drug-likeness (QED) is 0.808. The first-order valence-corrected chi connectivity index (χ1v) is 6.96. The molecule has 5 heteroatoms. The smallest absolute Gasteiger partial charge is 0.203 e. The van der Waals surface area contributed by atoms with Crippen LogP contribution in [0.5, 0.6) is 0 Å². The predicted molar refractivity (Wildman–Crippen MR) is 66.2 cm³/mol. The maximum Gasteiger partial charge on any atom is 0.203 e. The van der Waals surface area contributed by atoms with Crippen molar-refractivity contribution in [3.63, 3.8) is 0 Å². The minimum Gasteiger partial charge on any atom is -0.374 e. The SMILES string of the molecule is Nc1nnc(SC2/C=C\CCCCC2)s1. The number of allylic oxidation sites excluding steroid dienone is 1. The van der Waals surface area contributed by atoms with E-state index in [2.05, 4.69) is 22.3 Å². The van der Waals surface area contributed by atoms with Crippen LogP contribution in [0, 0.1) is 0 Å². The number of nitrogens with zero attached hydrogens (tertiary/aromatic N) is 2. The molecule has 2 N–H and O–H groups in total. The molecular weight excluding hydrogens is 226 g/mol. The summed E-state index contributed by atoms with van der Waals surface area (Å²) in [5, 5.41) is 8.98. The molecule has 1 aliphatic rings. The van der Waals surface area contributed by atoms with Crippen molar-refractivity contribution in [1.29, 1.82) is 0 Å². The van der Waals surface area contributed by atoms with E-state index in [1.165, 1.54) is 43.4 Å². The molecule has 0 bridgehead atoms. The van der Waals surface area contributed by atoms with E-state index in [4.69, 9.17) is 5.73 Å². The molecular formula is C10H15N3S2. The minimum absolute atomic E-state index is 0.553. The average Bonchev–Trinajstić information content (AvgIpc) is 2.56. The summed E-state index contributed by atoms with van der Waals surface area (Å²) in [6.07, 6.45) is 11.0. The van der Waals surface area contributed by atoms with Gasteiger partial charge in [0, 0.05) is 5.25 Å². The van der Waals surface area contributed by atoms with Crippen LogP contribution in [0.25, 0.3) is 0 Å². The number of nitrogen functional groups attached to an aromatic ring is 1. The topological polar surface area (TPSA) is 51.8 Å². The zero-order valence-corrected chi connectivity index (χ0v) is 10.2. The summed E-state index contributed by atoms with van der Waals surface area (Å²) in [5.74, 6) is 0. The number of anilines is 1. The number of hydrogen-bond acceptors (Lipinski definition) is 5. The van der Waals surface area contributed by atoms with Crippen LogP contribution in [0.4, 0.5) is 5.13 Å². The largest absolute Gasteiger partial charge is 0.374 e. The Labute approximate surface area is 98.2 Å². The summed E-state index contributed by atoms with van der Waals surface area (Å²) < 4.78 is 0.989. The molecule has 1 aromatic rings. The standard InChI is InChI=1S/C10H15N3S2/c11-9-12-13-10(15-9)14-8-6-4-2-1-3-5-7-8/h4,6,8H,1-3,5,7H2,(H2,11,12)/b6-4-. The third kappa shape index (κ3) is 3.50. The lowest BCUT2D eigenvalue weighted by molar-refractivity contribution is 0.643. The molecule has 0 spiro atoms. The van der Waals surface area contributed by atoms with Gasteiger partial charge in [-0.05, 0) is 19.3 Å². The van der Waals surface area contributed by atoms with Gasteiger partial charge in [-0.3, -0.25) is 0 Å². The van der Waals surface area contributed by atoms with Crippen LogP contribution in [0.15, 0.2) is 16.5 Å². The maximum absolute atomic E-state index is 5.55. The van der Waals surface area contributed by atoms with E-state index in [9.17, 15) is 0 Å². The molecule has 0 aliphatic heterocycles. The molecule has 0 radical (unpaired) electrons. The van der Waals surface area contributed by atoms with E-state index in [0.29, 0.717) is 10.4 Å². The Morgan fingerprint density at radius 1 is 1.33 bits per heavy atom. The fourth-order valence-corrected chi connectivity index (χ4v) is 3.61. The van der Waals surface area contributed by atoms with Crippen LogP contribution in [-0.2, 0) is 0 Å². The first-order chi connectivity index (χ1) is 7.34. The number of aromatic nitrogens is 2. The van der Waals surface area contributed by atoms with Gasteiger partial charge in [0.25, 0.3) is 0 Å². The minimum atomic E-state index is 0.553. The molecule has 1 aliphatic carbocycles. The Hall–Kier alpha value is -0.550. The molecule has 0 fully saturated rings. The molecule has 0 saturated heterocycles. The third-order valence-electron chi connectivity index (χ3n) is 2.38. The summed E-state index contributed by atoms with van der Waals surface area (Å²) in [5.41, 5.74) is 5.55. The second kappa shape index (κ2) is 5.51. The van der Waals surface area contributed by atoms with Crippen molar-refractivity contribution in [2.75, 3.05) is 5.73 Å². The van der Waals surface area contributed by atoms with Gasteiger partial charge in [0.05, 0.1) is 0 Å². The molecule has 1 aromatic heterocycles. The molecule has 0 aromatic carbocycles. The van der Waals surface area contributed by atoms with Crippen molar-refractivity contribution >= 4 is 28.2 Å². The Morgan fingerprint density at radius 3 is 3.07 bits per heavy atom. The lowest BCUT2D eigenvalue weighted by Gasteiger charge is -2.12. The van der Waals surface area contributed by atoms with Crippen LogP contribution in [0.1, 0.15) is 32.1 Å². The number of hydrogen-bond donors (Lipinski definition) is 1. The monoisotopic (exact) mass is 241 g/mol. The molecule has 1 heterocycles. The Bertz CT molecular complexity index is 335. The fraction of sp³-hybridized carbons (Fsp3) is 0.600. The normalized spacial score (nSPS) is 24.4. The molecule has 15 heavy (non-hydrogen) atoms. The second-order valence-electron chi connectivity index (χ2n) is 3.63. The molecule has 0 saturated carbocycles. The Balaban J connectivity index is 1.94. The zero-order chi connectivity index (χ0) is 10.5. The van der Waals surface area contributed by atoms with Crippen molar-refractivity contribution in [2.45, 2.75) is 41.7 Å². The van der Waals surface area contributed by atoms with Gasteiger partial charge >= 0.3 is 0 Å². The van der Waals surface area contributed by atoms with Crippen molar-refractivity contribution in [3.05, 3.63) is 12.2 Å². The van der Waals surface area contributed by atoms with Gasteiger partial charge in [-0.1, -0.05) is 48.1 Å².